The van der Waals surface area contributed by atoms with Gasteiger partial charge in [0.25, 0.3) is 0 Å². The monoisotopic (exact) mass is 268 g/mol. The summed E-state index contributed by atoms with van der Waals surface area (Å²) in [5.41, 5.74) is 0.320. The zero-order valence-electron chi connectivity index (χ0n) is 10.7. The first-order chi connectivity index (χ1) is 9.15. The van der Waals surface area contributed by atoms with Gasteiger partial charge in [-0.15, -0.1) is 0 Å². The molecule has 19 heavy (non-hydrogen) atoms. The summed E-state index contributed by atoms with van der Waals surface area (Å²) >= 11 is 0. The van der Waals surface area contributed by atoms with Crippen molar-refractivity contribution in [3.8, 4) is 5.75 Å². The molecule has 1 heterocycles. The first kappa shape index (κ1) is 12.9. The lowest BCUT2D eigenvalue weighted by Crippen LogP contribution is -2.25. The van der Waals surface area contributed by atoms with Crippen LogP contribution in [0.3, 0.4) is 0 Å². The molecule has 1 aromatic carbocycles. The predicted octanol–water partition coefficient (Wildman–Crippen LogP) is 3.73. The number of phenols is 1. The van der Waals surface area contributed by atoms with Crippen LogP contribution in [-0.2, 0) is 4.74 Å². The lowest BCUT2D eigenvalue weighted by atomic mass is 9.89. The van der Waals surface area contributed by atoms with Gasteiger partial charge in [0.05, 0.1) is 12.7 Å². The van der Waals surface area contributed by atoms with Gasteiger partial charge >= 0.3 is 0 Å². The number of benzene rings is 1. The zero-order valence-corrected chi connectivity index (χ0v) is 10.7. The minimum atomic E-state index is -1.15. The van der Waals surface area contributed by atoms with Crippen molar-refractivity contribution in [1.29, 1.82) is 0 Å². The molecule has 1 aromatic rings. The molecule has 1 saturated heterocycles. The Morgan fingerprint density at radius 1 is 1.11 bits per heavy atom. The average molecular weight is 268 g/mol. The minimum absolute atomic E-state index is 0.106. The van der Waals surface area contributed by atoms with Crippen molar-refractivity contribution in [3.63, 3.8) is 0 Å². The summed E-state index contributed by atoms with van der Waals surface area (Å²) in [6.07, 6.45) is 5.73. The second-order valence-electron chi connectivity index (χ2n) is 5.71. The summed E-state index contributed by atoms with van der Waals surface area (Å²) in [6.45, 7) is 0.443. The second-order valence-corrected chi connectivity index (χ2v) is 5.71. The molecule has 2 atom stereocenters. The van der Waals surface area contributed by atoms with Crippen molar-refractivity contribution >= 4 is 0 Å². The molecule has 0 amide bonds. The molecule has 0 spiro atoms. The van der Waals surface area contributed by atoms with E-state index in [9.17, 15) is 8.78 Å². The van der Waals surface area contributed by atoms with Gasteiger partial charge in [0, 0.05) is 5.92 Å². The highest BCUT2D eigenvalue weighted by Gasteiger charge is 2.31. The first-order valence-corrected chi connectivity index (χ1v) is 6.93. The van der Waals surface area contributed by atoms with Crippen molar-refractivity contribution in [2.45, 2.75) is 44.1 Å². The van der Waals surface area contributed by atoms with E-state index in [-0.39, 0.29) is 12.0 Å². The van der Waals surface area contributed by atoms with Crippen LogP contribution in [0.5, 0.6) is 5.75 Å². The number of rotatable bonds is 3. The van der Waals surface area contributed by atoms with E-state index in [0.29, 0.717) is 12.2 Å². The summed E-state index contributed by atoms with van der Waals surface area (Å²) in [5, 5.41) is 9.12. The first-order valence-electron chi connectivity index (χ1n) is 6.93. The summed E-state index contributed by atoms with van der Waals surface area (Å²) < 4.78 is 32.9. The molecule has 104 valence electrons. The van der Waals surface area contributed by atoms with E-state index in [1.807, 2.05) is 0 Å². The molecule has 1 saturated carbocycles. The third-order valence-electron chi connectivity index (χ3n) is 4.19. The zero-order chi connectivity index (χ0) is 13.4. The Bertz CT molecular complexity index is 463. The second kappa shape index (κ2) is 5.08. The minimum Gasteiger partial charge on any atom is -0.505 e. The van der Waals surface area contributed by atoms with Crippen molar-refractivity contribution < 1.29 is 18.6 Å². The summed E-state index contributed by atoms with van der Waals surface area (Å²) in [5.74, 6) is -2.01. The molecule has 3 rings (SSSR count). The molecule has 2 fully saturated rings. The Kier molecular flexibility index (Phi) is 3.44. The Balaban J connectivity index is 1.65. The topological polar surface area (TPSA) is 29.5 Å². The molecule has 2 nitrogen and oxygen atoms in total. The molecule has 1 N–H and O–H groups in total. The number of ether oxygens (including phenoxy) is 1. The van der Waals surface area contributed by atoms with Crippen molar-refractivity contribution in [1.82, 2.24) is 0 Å². The summed E-state index contributed by atoms with van der Waals surface area (Å²) in [6, 6.07) is 2.67. The van der Waals surface area contributed by atoms with Crippen LogP contribution in [-0.4, -0.2) is 17.8 Å². The summed E-state index contributed by atoms with van der Waals surface area (Å²) in [4.78, 5) is 0. The Morgan fingerprint density at radius 3 is 2.53 bits per heavy atom. The fourth-order valence-electron chi connectivity index (χ4n) is 2.83. The van der Waals surface area contributed by atoms with Gasteiger partial charge in [-0.2, -0.15) is 4.39 Å². The number of hydrogen-bond acceptors (Lipinski definition) is 2. The third kappa shape index (κ3) is 2.73. The standard InChI is InChI=1S/C15H18F2O2/c16-14-12(5-6-13(18)15(14)17)10-3-4-11(19-8-10)7-9-1-2-9/h5-6,9-11,18H,1-4,7-8H2. The highest BCUT2D eigenvalue weighted by molar-refractivity contribution is 5.32. The van der Waals surface area contributed by atoms with Gasteiger partial charge in [0.2, 0.25) is 5.82 Å². The SMILES string of the molecule is Oc1ccc(C2CCC(CC3CC3)OC2)c(F)c1F. The van der Waals surface area contributed by atoms with Crippen molar-refractivity contribution in [2.75, 3.05) is 6.61 Å². The average Bonchev–Trinajstić information content (AvgIpc) is 3.22. The van der Waals surface area contributed by atoms with Gasteiger partial charge in [-0.05, 0) is 36.8 Å². The smallest absolute Gasteiger partial charge is 0.200 e. The molecule has 0 radical (unpaired) electrons. The van der Waals surface area contributed by atoms with Crippen LogP contribution in [0.4, 0.5) is 8.78 Å². The predicted molar refractivity (Wildman–Crippen MR) is 67.1 cm³/mol. The molecule has 2 aliphatic rings. The molecular formula is C15H18F2O2. The normalized spacial score (nSPS) is 27.5. The van der Waals surface area contributed by atoms with Crippen LogP contribution in [0.15, 0.2) is 12.1 Å². The van der Waals surface area contributed by atoms with E-state index in [4.69, 9.17) is 9.84 Å². The lowest BCUT2D eigenvalue weighted by Gasteiger charge is -2.29. The maximum atomic E-state index is 13.8. The quantitative estimate of drug-likeness (QED) is 0.905. The maximum Gasteiger partial charge on any atom is 0.200 e. The Labute approximate surface area is 111 Å². The number of halogens is 2. The van der Waals surface area contributed by atoms with E-state index >= 15 is 0 Å². The van der Waals surface area contributed by atoms with Gasteiger partial charge in [-0.25, -0.2) is 4.39 Å². The number of hydrogen-bond donors (Lipinski definition) is 1. The van der Waals surface area contributed by atoms with E-state index in [1.54, 1.807) is 0 Å². The van der Waals surface area contributed by atoms with Crippen molar-refractivity contribution in [2.24, 2.45) is 5.92 Å². The van der Waals surface area contributed by atoms with E-state index in [2.05, 4.69) is 0 Å². The molecule has 4 heteroatoms. The van der Waals surface area contributed by atoms with Crippen LogP contribution in [0, 0.1) is 17.6 Å². The molecule has 1 aliphatic heterocycles. The Hall–Kier alpha value is -1.16. The van der Waals surface area contributed by atoms with Crippen LogP contribution in [0.2, 0.25) is 0 Å². The van der Waals surface area contributed by atoms with E-state index < -0.39 is 17.4 Å². The number of aromatic hydroxyl groups is 1. The van der Waals surface area contributed by atoms with Crippen LogP contribution < -0.4 is 0 Å². The van der Waals surface area contributed by atoms with E-state index in [0.717, 1.165) is 25.2 Å². The van der Waals surface area contributed by atoms with Crippen LogP contribution in [0.25, 0.3) is 0 Å². The van der Waals surface area contributed by atoms with Crippen molar-refractivity contribution in [3.05, 3.63) is 29.3 Å². The molecular weight excluding hydrogens is 250 g/mol. The third-order valence-corrected chi connectivity index (χ3v) is 4.19. The van der Waals surface area contributed by atoms with Gasteiger partial charge in [0.1, 0.15) is 0 Å². The molecule has 0 aromatic heterocycles. The van der Waals surface area contributed by atoms with Gasteiger partial charge in [-0.1, -0.05) is 18.9 Å². The largest absolute Gasteiger partial charge is 0.505 e. The lowest BCUT2D eigenvalue weighted by molar-refractivity contribution is -0.00455. The highest BCUT2D eigenvalue weighted by atomic mass is 19.2. The summed E-state index contributed by atoms with van der Waals surface area (Å²) in [7, 11) is 0. The maximum absolute atomic E-state index is 13.8. The van der Waals surface area contributed by atoms with Gasteiger partial charge in [-0.3, -0.25) is 0 Å². The fraction of sp³-hybridized carbons (Fsp3) is 0.600. The fourth-order valence-corrected chi connectivity index (χ4v) is 2.83. The molecule has 1 aliphatic carbocycles. The Morgan fingerprint density at radius 2 is 1.89 bits per heavy atom. The highest BCUT2D eigenvalue weighted by Crippen LogP contribution is 2.39. The van der Waals surface area contributed by atoms with Gasteiger partial charge in [0.15, 0.2) is 11.6 Å². The van der Waals surface area contributed by atoms with Crippen LogP contribution >= 0.6 is 0 Å². The van der Waals surface area contributed by atoms with Gasteiger partial charge < -0.3 is 9.84 Å². The molecule has 2 unspecified atom stereocenters. The number of phenolic OH excluding ortho intramolecular Hbond substituents is 1. The van der Waals surface area contributed by atoms with Crippen LogP contribution in [0.1, 0.15) is 43.6 Å². The van der Waals surface area contributed by atoms with E-state index in [1.165, 1.54) is 25.0 Å². The molecule has 0 bridgehead atoms.